The predicted octanol–water partition coefficient (Wildman–Crippen LogP) is 2.27. The predicted molar refractivity (Wildman–Crippen MR) is 84.1 cm³/mol. The molecule has 0 aromatic carbocycles. The number of aromatic nitrogens is 4. The molecule has 140 valence electrons. The van der Waals surface area contributed by atoms with Gasteiger partial charge < -0.3 is 10.1 Å². The van der Waals surface area contributed by atoms with Gasteiger partial charge in [0, 0.05) is 25.4 Å². The average Bonchev–Trinajstić information content (AvgIpc) is 3.01. The Balaban J connectivity index is 1.62. The number of aryl methyl sites for hydroxylation is 1. The fraction of sp³-hybridized carbons (Fsp3) is 0.467. The fourth-order valence-corrected chi connectivity index (χ4v) is 2.72. The molecule has 0 aliphatic carbocycles. The number of ether oxygens (including phenoxy) is 1. The minimum absolute atomic E-state index is 0.0786. The van der Waals surface area contributed by atoms with Crippen molar-refractivity contribution in [1.82, 2.24) is 25.3 Å². The molecule has 1 aliphatic heterocycles. The molecule has 2 aromatic heterocycles. The summed E-state index contributed by atoms with van der Waals surface area (Å²) in [6.07, 6.45) is 0.0349. The van der Waals surface area contributed by atoms with Crippen LogP contribution in [0.25, 0.3) is 0 Å². The van der Waals surface area contributed by atoms with Crippen LogP contribution in [0, 0.1) is 0 Å². The van der Waals surface area contributed by atoms with E-state index in [9.17, 15) is 18.0 Å². The van der Waals surface area contributed by atoms with Crippen LogP contribution in [0.2, 0.25) is 0 Å². The maximum absolute atomic E-state index is 12.5. The second kappa shape index (κ2) is 7.28. The summed E-state index contributed by atoms with van der Waals surface area (Å²) >= 11 is 0. The summed E-state index contributed by atoms with van der Waals surface area (Å²) in [6, 6.07) is 0.912. The summed E-state index contributed by atoms with van der Waals surface area (Å²) in [6.45, 7) is 0.573. The van der Waals surface area contributed by atoms with Gasteiger partial charge in [-0.1, -0.05) is 0 Å². The fourth-order valence-electron chi connectivity index (χ4n) is 2.72. The van der Waals surface area contributed by atoms with Crippen molar-refractivity contribution in [2.45, 2.75) is 31.2 Å². The first-order valence-electron chi connectivity index (χ1n) is 7.91. The van der Waals surface area contributed by atoms with Crippen LogP contribution in [0.1, 0.15) is 30.2 Å². The third kappa shape index (κ3) is 4.28. The molecule has 3 rings (SSSR count). The first kappa shape index (κ1) is 18.1. The highest BCUT2D eigenvalue weighted by molar-refractivity contribution is 5.88. The topological polar surface area (TPSA) is 94.0 Å². The van der Waals surface area contributed by atoms with Gasteiger partial charge in [-0.15, -0.1) is 10.2 Å². The summed E-state index contributed by atoms with van der Waals surface area (Å²) in [7, 11) is 1.78. The molecule has 1 aliphatic rings. The zero-order valence-electron chi connectivity index (χ0n) is 13.8. The van der Waals surface area contributed by atoms with Crippen molar-refractivity contribution in [3.05, 3.63) is 35.8 Å². The summed E-state index contributed by atoms with van der Waals surface area (Å²) in [5.74, 6) is -0.0786. The summed E-state index contributed by atoms with van der Waals surface area (Å²) in [5, 5.41) is 15.7. The SMILES string of the molecule is Cn1cc([C@H]2OCCC[C@@H]2NC(=O)Nc2ccc(C(F)(F)F)nn2)cn1. The first-order valence-corrected chi connectivity index (χ1v) is 7.91. The molecule has 1 saturated heterocycles. The largest absolute Gasteiger partial charge is 0.435 e. The van der Waals surface area contributed by atoms with E-state index in [0.29, 0.717) is 13.0 Å². The van der Waals surface area contributed by atoms with Crippen LogP contribution in [0.3, 0.4) is 0 Å². The minimum atomic E-state index is -4.58. The van der Waals surface area contributed by atoms with Crippen molar-refractivity contribution in [3.63, 3.8) is 0 Å². The van der Waals surface area contributed by atoms with Gasteiger partial charge in [-0.25, -0.2) is 4.79 Å². The maximum Gasteiger partial charge on any atom is 0.435 e. The van der Waals surface area contributed by atoms with Crippen LogP contribution in [0.15, 0.2) is 24.5 Å². The Bertz CT molecular complexity index is 761. The van der Waals surface area contributed by atoms with E-state index in [1.165, 1.54) is 0 Å². The van der Waals surface area contributed by atoms with Gasteiger partial charge in [0.05, 0.1) is 12.2 Å². The van der Waals surface area contributed by atoms with Crippen LogP contribution in [-0.2, 0) is 18.0 Å². The van der Waals surface area contributed by atoms with Crippen LogP contribution in [0.5, 0.6) is 0 Å². The number of nitrogens with zero attached hydrogens (tertiary/aromatic N) is 4. The molecule has 0 bridgehead atoms. The highest BCUT2D eigenvalue weighted by atomic mass is 19.4. The molecule has 0 saturated carbocycles. The normalized spacial score (nSPS) is 20.6. The standard InChI is InChI=1S/C15H17F3N6O2/c1-24-8-9(7-19-24)13-10(3-2-6-26-13)20-14(25)21-12-5-4-11(22-23-12)15(16,17)18/h4-5,7-8,10,13H,2-3,6H2,1H3,(H2,20,21,23,25)/t10-,13+/m0/s1. The van der Waals surface area contributed by atoms with E-state index in [1.54, 1.807) is 17.9 Å². The number of anilines is 1. The minimum Gasteiger partial charge on any atom is -0.371 e. The molecule has 0 radical (unpaired) electrons. The molecule has 11 heteroatoms. The summed E-state index contributed by atoms with van der Waals surface area (Å²) < 4.78 is 44.8. The molecule has 0 spiro atoms. The molecule has 2 atom stereocenters. The lowest BCUT2D eigenvalue weighted by Crippen LogP contribution is -2.44. The number of carbonyl (C=O) groups is 1. The zero-order chi connectivity index (χ0) is 18.7. The van der Waals surface area contributed by atoms with Gasteiger partial charge in [-0.2, -0.15) is 18.3 Å². The van der Waals surface area contributed by atoms with Crippen LogP contribution in [0.4, 0.5) is 23.8 Å². The molecule has 2 N–H and O–H groups in total. The van der Waals surface area contributed by atoms with Crippen molar-refractivity contribution < 1.29 is 22.7 Å². The Kier molecular flexibility index (Phi) is 5.07. The van der Waals surface area contributed by atoms with Gasteiger partial charge in [0.2, 0.25) is 0 Å². The van der Waals surface area contributed by atoms with Gasteiger partial charge in [0.1, 0.15) is 6.10 Å². The number of halogens is 3. The van der Waals surface area contributed by atoms with Gasteiger partial charge in [-0.05, 0) is 25.0 Å². The number of hydrogen-bond acceptors (Lipinski definition) is 5. The molecule has 3 heterocycles. The Labute approximate surface area is 146 Å². The lowest BCUT2D eigenvalue weighted by Gasteiger charge is -2.31. The van der Waals surface area contributed by atoms with Crippen molar-refractivity contribution in [2.75, 3.05) is 11.9 Å². The Morgan fingerprint density at radius 3 is 2.77 bits per heavy atom. The Hall–Kier alpha value is -2.69. The Morgan fingerprint density at radius 1 is 1.35 bits per heavy atom. The average molecular weight is 370 g/mol. The quantitative estimate of drug-likeness (QED) is 0.865. The number of urea groups is 1. The highest BCUT2D eigenvalue weighted by Crippen LogP contribution is 2.29. The number of nitrogens with one attached hydrogen (secondary N) is 2. The molecular weight excluding hydrogens is 353 g/mol. The van der Waals surface area contributed by atoms with E-state index in [-0.39, 0.29) is 18.0 Å². The van der Waals surface area contributed by atoms with E-state index in [4.69, 9.17) is 4.74 Å². The summed E-state index contributed by atoms with van der Waals surface area (Å²) in [4.78, 5) is 12.2. The third-order valence-corrected chi connectivity index (χ3v) is 3.89. The molecule has 26 heavy (non-hydrogen) atoms. The monoisotopic (exact) mass is 370 g/mol. The lowest BCUT2D eigenvalue weighted by atomic mass is 9.98. The zero-order valence-corrected chi connectivity index (χ0v) is 13.8. The molecule has 8 nitrogen and oxygen atoms in total. The molecular formula is C15H17F3N6O2. The van der Waals surface area contributed by atoms with E-state index in [0.717, 1.165) is 24.1 Å². The van der Waals surface area contributed by atoms with Crippen molar-refractivity contribution in [3.8, 4) is 0 Å². The van der Waals surface area contributed by atoms with Crippen molar-refractivity contribution in [1.29, 1.82) is 0 Å². The van der Waals surface area contributed by atoms with Crippen LogP contribution < -0.4 is 10.6 Å². The maximum atomic E-state index is 12.5. The third-order valence-electron chi connectivity index (χ3n) is 3.89. The number of amides is 2. The molecule has 2 amide bonds. The van der Waals surface area contributed by atoms with E-state index in [1.807, 2.05) is 6.20 Å². The Morgan fingerprint density at radius 2 is 2.15 bits per heavy atom. The van der Waals surface area contributed by atoms with Gasteiger partial charge in [0.25, 0.3) is 0 Å². The lowest BCUT2D eigenvalue weighted by molar-refractivity contribution is -0.141. The van der Waals surface area contributed by atoms with Gasteiger partial charge in [-0.3, -0.25) is 10.00 Å². The van der Waals surface area contributed by atoms with Gasteiger partial charge >= 0.3 is 12.2 Å². The smallest absolute Gasteiger partial charge is 0.371 e. The second-order valence-electron chi connectivity index (χ2n) is 5.89. The van der Waals surface area contributed by atoms with Crippen LogP contribution >= 0.6 is 0 Å². The summed E-state index contributed by atoms with van der Waals surface area (Å²) in [5.41, 5.74) is -0.285. The molecule has 1 fully saturated rings. The van der Waals surface area contributed by atoms with Crippen molar-refractivity contribution in [2.24, 2.45) is 7.05 Å². The number of rotatable bonds is 3. The molecule has 0 unspecified atom stereocenters. The van der Waals surface area contributed by atoms with E-state index >= 15 is 0 Å². The number of alkyl halides is 3. The number of carbonyl (C=O) groups excluding carboxylic acids is 1. The van der Waals surface area contributed by atoms with Crippen molar-refractivity contribution >= 4 is 11.8 Å². The van der Waals surface area contributed by atoms with Gasteiger partial charge in [0.15, 0.2) is 11.5 Å². The second-order valence-corrected chi connectivity index (χ2v) is 5.89. The first-order chi connectivity index (χ1) is 12.3. The molecule has 2 aromatic rings. The highest BCUT2D eigenvalue weighted by Gasteiger charge is 2.33. The van der Waals surface area contributed by atoms with E-state index in [2.05, 4.69) is 25.9 Å². The van der Waals surface area contributed by atoms with E-state index < -0.39 is 17.9 Å². The van der Waals surface area contributed by atoms with Crippen LogP contribution in [-0.4, -0.2) is 38.7 Å². The number of hydrogen-bond donors (Lipinski definition) is 2.